The Kier molecular flexibility index (Phi) is 8.33. The van der Waals surface area contributed by atoms with Gasteiger partial charge < -0.3 is 4.57 Å². The quantitative estimate of drug-likeness (QED) is 0.323. The Balaban J connectivity index is 1.59. The van der Waals surface area contributed by atoms with E-state index in [0.29, 0.717) is 0 Å². The van der Waals surface area contributed by atoms with Gasteiger partial charge in [-0.25, -0.2) is 9.37 Å². The van der Waals surface area contributed by atoms with Crippen LogP contribution >= 0.6 is 0 Å². The van der Waals surface area contributed by atoms with Crippen molar-refractivity contribution in [1.82, 2.24) is 14.5 Å². The van der Waals surface area contributed by atoms with Crippen molar-refractivity contribution in [3.63, 3.8) is 0 Å². The summed E-state index contributed by atoms with van der Waals surface area (Å²) in [6.07, 6.45) is 11.0. The van der Waals surface area contributed by atoms with Gasteiger partial charge in [-0.05, 0) is 49.8 Å². The normalized spacial score (nSPS) is 14.8. The molecule has 0 atom stereocenters. The first-order valence-corrected chi connectivity index (χ1v) is 12.7. The SMILES string of the molecule is CCCCn1c(CN(Cc2ccc(C)cc2)CC2CCCCC2)cnc1-c1cccc(F)c1. The van der Waals surface area contributed by atoms with Crippen LogP contribution in [0.1, 0.15) is 68.7 Å². The average Bonchev–Trinajstić information content (AvgIpc) is 3.22. The van der Waals surface area contributed by atoms with Crippen molar-refractivity contribution in [1.29, 1.82) is 0 Å². The topological polar surface area (TPSA) is 21.1 Å². The smallest absolute Gasteiger partial charge is 0.140 e. The molecule has 176 valence electrons. The summed E-state index contributed by atoms with van der Waals surface area (Å²) in [5.41, 5.74) is 4.75. The molecule has 4 heteroatoms. The molecular formula is C29H38FN3. The lowest BCUT2D eigenvalue weighted by Gasteiger charge is -2.30. The molecule has 0 aliphatic heterocycles. The third-order valence-corrected chi connectivity index (χ3v) is 6.91. The number of benzene rings is 2. The van der Waals surface area contributed by atoms with Gasteiger partial charge in [0.15, 0.2) is 0 Å². The fourth-order valence-corrected chi connectivity index (χ4v) is 5.06. The van der Waals surface area contributed by atoms with Crippen molar-refractivity contribution in [2.45, 2.75) is 78.4 Å². The van der Waals surface area contributed by atoms with Crippen LogP contribution in [0.3, 0.4) is 0 Å². The van der Waals surface area contributed by atoms with Crippen LogP contribution < -0.4 is 0 Å². The number of unbranched alkanes of at least 4 members (excludes halogenated alkanes) is 1. The van der Waals surface area contributed by atoms with Crippen LogP contribution in [0.4, 0.5) is 4.39 Å². The Morgan fingerprint density at radius 1 is 1.03 bits per heavy atom. The van der Waals surface area contributed by atoms with Gasteiger partial charge in [0, 0.05) is 31.7 Å². The van der Waals surface area contributed by atoms with Gasteiger partial charge in [-0.1, -0.05) is 74.6 Å². The highest BCUT2D eigenvalue weighted by atomic mass is 19.1. The maximum Gasteiger partial charge on any atom is 0.140 e. The van der Waals surface area contributed by atoms with Crippen molar-refractivity contribution in [2.75, 3.05) is 6.54 Å². The number of hydrogen-bond acceptors (Lipinski definition) is 2. The van der Waals surface area contributed by atoms with E-state index in [2.05, 4.69) is 47.6 Å². The zero-order valence-electron chi connectivity index (χ0n) is 20.3. The van der Waals surface area contributed by atoms with E-state index in [1.54, 1.807) is 12.1 Å². The van der Waals surface area contributed by atoms with E-state index in [-0.39, 0.29) is 5.82 Å². The first-order chi connectivity index (χ1) is 16.1. The summed E-state index contributed by atoms with van der Waals surface area (Å²) in [6, 6.07) is 15.8. The van der Waals surface area contributed by atoms with E-state index >= 15 is 0 Å². The van der Waals surface area contributed by atoms with Crippen molar-refractivity contribution in [2.24, 2.45) is 5.92 Å². The lowest BCUT2D eigenvalue weighted by atomic mass is 9.89. The second-order valence-electron chi connectivity index (χ2n) is 9.75. The highest BCUT2D eigenvalue weighted by molar-refractivity contribution is 5.56. The average molecular weight is 448 g/mol. The zero-order valence-corrected chi connectivity index (χ0v) is 20.3. The number of nitrogens with zero attached hydrogens (tertiary/aromatic N) is 3. The molecule has 33 heavy (non-hydrogen) atoms. The monoisotopic (exact) mass is 447 g/mol. The lowest BCUT2D eigenvalue weighted by molar-refractivity contribution is 0.183. The molecule has 0 spiro atoms. The highest BCUT2D eigenvalue weighted by Crippen LogP contribution is 2.27. The van der Waals surface area contributed by atoms with Crippen molar-refractivity contribution < 1.29 is 4.39 Å². The van der Waals surface area contributed by atoms with E-state index in [0.717, 1.165) is 56.3 Å². The van der Waals surface area contributed by atoms with Crippen molar-refractivity contribution in [3.05, 3.63) is 77.4 Å². The molecule has 0 bridgehead atoms. The summed E-state index contributed by atoms with van der Waals surface area (Å²) in [4.78, 5) is 7.38. The van der Waals surface area contributed by atoms with Crippen LogP contribution in [0.2, 0.25) is 0 Å². The standard InChI is InChI=1S/C29H38FN3/c1-3-4-17-33-28(19-31-29(33)26-11-8-12-27(30)18-26)22-32(20-24-9-6-5-7-10-24)21-25-15-13-23(2)14-16-25/h8,11-16,18-19,24H,3-7,9-10,17,20-22H2,1-2H3. The van der Waals surface area contributed by atoms with Crippen LogP contribution in [0, 0.1) is 18.7 Å². The highest BCUT2D eigenvalue weighted by Gasteiger charge is 2.20. The Bertz CT molecular complexity index is 1000. The number of imidazole rings is 1. The zero-order chi connectivity index (χ0) is 23.0. The number of aryl methyl sites for hydroxylation is 1. The molecule has 0 N–H and O–H groups in total. The fourth-order valence-electron chi connectivity index (χ4n) is 5.06. The Hall–Kier alpha value is -2.46. The van der Waals surface area contributed by atoms with Crippen LogP contribution in [-0.4, -0.2) is 21.0 Å². The van der Waals surface area contributed by atoms with Gasteiger partial charge in [-0.2, -0.15) is 0 Å². The minimum absolute atomic E-state index is 0.211. The Morgan fingerprint density at radius 2 is 1.82 bits per heavy atom. The number of halogens is 1. The molecule has 4 rings (SSSR count). The van der Waals surface area contributed by atoms with E-state index in [1.165, 1.54) is 55.0 Å². The lowest BCUT2D eigenvalue weighted by Crippen LogP contribution is -2.31. The Morgan fingerprint density at radius 3 is 2.55 bits per heavy atom. The molecule has 1 saturated carbocycles. The van der Waals surface area contributed by atoms with Gasteiger partial charge in [-0.3, -0.25) is 4.90 Å². The second-order valence-corrected chi connectivity index (χ2v) is 9.75. The van der Waals surface area contributed by atoms with Gasteiger partial charge >= 0.3 is 0 Å². The van der Waals surface area contributed by atoms with Gasteiger partial charge in [0.2, 0.25) is 0 Å². The maximum absolute atomic E-state index is 13.9. The molecule has 3 nitrogen and oxygen atoms in total. The van der Waals surface area contributed by atoms with Gasteiger partial charge in [0.05, 0.1) is 11.9 Å². The molecule has 1 aromatic heterocycles. The first kappa shape index (κ1) is 23.7. The molecule has 3 aromatic rings. The van der Waals surface area contributed by atoms with Gasteiger partial charge in [0.25, 0.3) is 0 Å². The molecule has 0 saturated heterocycles. The summed E-state index contributed by atoms with van der Waals surface area (Å²) in [5.74, 6) is 1.45. The largest absolute Gasteiger partial charge is 0.327 e. The van der Waals surface area contributed by atoms with Crippen LogP contribution in [0.5, 0.6) is 0 Å². The minimum atomic E-state index is -0.211. The number of hydrogen-bond donors (Lipinski definition) is 0. The molecular weight excluding hydrogens is 409 g/mol. The molecule has 1 fully saturated rings. The van der Waals surface area contributed by atoms with Crippen LogP contribution in [0.25, 0.3) is 11.4 Å². The van der Waals surface area contributed by atoms with E-state index in [1.807, 2.05) is 12.3 Å². The summed E-state index contributed by atoms with van der Waals surface area (Å²) in [7, 11) is 0. The maximum atomic E-state index is 13.9. The van der Waals surface area contributed by atoms with Crippen molar-refractivity contribution in [3.8, 4) is 11.4 Å². The van der Waals surface area contributed by atoms with Crippen LogP contribution in [-0.2, 0) is 19.6 Å². The summed E-state index contributed by atoms with van der Waals surface area (Å²) in [6.45, 7) is 8.22. The minimum Gasteiger partial charge on any atom is -0.327 e. The molecule has 1 aliphatic carbocycles. The number of rotatable bonds is 10. The summed E-state index contributed by atoms with van der Waals surface area (Å²) >= 11 is 0. The van der Waals surface area contributed by atoms with E-state index < -0.39 is 0 Å². The summed E-state index contributed by atoms with van der Waals surface area (Å²) in [5, 5.41) is 0. The fraction of sp³-hybridized carbons (Fsp3) is 0.483. The first-order valence-electron chi connectivity index (χ1n) is 12.7. The van der Waals surface area contributed by atoms with Gasteiger partial charge in [-0.15, -0.1) is 0 Å². The van der Waals surface area contributed by atoms with Crippen LogP contribution in [0.15, 0.2) is 54.7 Å². The third kappa shape index (κ3) is 6.54. The van der Waals surface area contributed by atoms with Crippen molar-refractivity contribution >= 4 is 0 Å². The Labute approximate surface area is 198 Å². The number of aromatic nitrogens is 2. The van der Waals surface area contributed by atoms with Gasteiger partial charge in [0.1, 0.15) is 11.6 Å². The van der Waals surface area contributed by atoms with E-state index in [9.17, 15) is 4.39 Å². The second kappa shape index (κ2) is 11.6. The predicted molar refractivity (Wildman–Crippen MR) is 134 cm³/mol. The molecule has 0 unspecified atom stereocenters. The van der Waals surface area contributed by atoms with E-state index in [4.69, 9.17) is 4.98 Å². The molecule has 0 amide bonds. The predicted octanol–water partition coefficient (Wildman–Crippen LogP) is 7.38. The molecule has 0 radical (unpaired) electrons. The summed E-state index contributed by atoms with van der Waals surface area (Å²) < 4.78 is 16.3. The molecule has 1 heterocycles. The third-order valence-electron chi connectivity index (χ3n) is 6.91. The molecule has 1 aliphatic rings. The molecule has 2 aromatic carbocycles.